The van der Waals surface area contributed by atoms with E-state index in [-0.39, 0.29) is 19.1 Å². The number of aliphatic carboxylic acids is 1. The zero-order chi connectivity index (χ0) is 18.0. The van der Waals surface area contributed by atoms with E-state index in [0.717, 1.165) is 11.4 Å². The Hall–Kier alpha value is -2.67. The number of likely N-dealkylation sites (tertiary alicyclic amines) is 1. The summed E-state index contributed by atoms with van der Waals surface area (Å²) in [6.07, 6.45) is 2.26. The summed E-state index contributed by atoms with van der Waals surface area (Å²) >= 11 is 0. The normalized spacial score (nSPS) is 20.0. The Balaban J connectivity index is 1.74. The van der Waals surface area contributed by atoms with Crippen LogP contribution in [-0.4, -0.2) is 58.5 Å². The molecule has 1 saturated heterocycles. The summed E-state index contributed by atoms with van der Waals surface area (Å²) in [6, 6.07) is 9.05. The summed E-state index contributed by atoms with van der Waals surface area (Å²) in [5.41, 5.74) is 1.30. The molecule has 3 rings (SSSR count). The molecule has 0 bridgehead atoms. The number of ether oxygens (including phenoxy) is 1. The summed E-state index contributed by atoms with van der Waals surface area (Å²) in [4.78, 5) is 25.9. The standard InChI is InChI=1S/C18H21N3O4/c1-13-7-9-21(19-13)15-5-3-14(4-6-15)16(22)20-10-8-18(11-20,12-25-2)17(23)24/h3-7,9H,8,10-12H2,1-2H3,(H,23,24). The van der Waals surface area contributed by atoms with Gasteiger partial charge < -0.3 is 14.7 Å². The predicted molar refractivity (Wildman–Crippen MR) is 90.8 cm³/mol. The van der Waals surface area contributed by atoms with E-state index in [9.17, 15) is 14.7 Å². The maximum absolute atomic E-state index is 12.7. The lowest BCUT2D eigenvalue weighted by Crippen LogP contribution is -2.40. The Morgan fingerprint density at radius 2 is 2.00 bits per heavy atom. The maximum Gasteiger partial charge on any atom is 0.313 e. The average Bonchev–Trinajstić information content (AvgIpc) is 3.22. The Morgan fingerprint density at radius 1 is 1.28 bits per heavy atom. The molecule has 0 aliphatic carbocycles. The van der Waals surface area contributed by atoms with Gasteiger partial charge in [-0.15, -0.1) is 0 Å². The highest BCUT2D eigenvalue weighted by atomic mass is 16.5. The molecule has 1 aromatic carbocycles. The zero-order valence-electron chi connectivity index (χ0n) is 14.3. The molecule has 0 saturated carbocycles. The van der Waals surface area contributed by atoms with Crippen molar-refractivity contribution in [2.24, 2.45) is 5.41 Å². The third-order valence-electron chi connectivity index (χ3n) is 4.62. The highest BCUT2D eigenvalue weighted by Gasteiger charge is 2.46. The molecule has 1 aromatic heterocycles. The number of carbonyl (C=O) groups excluding carboxylic acids is 1. The van der Waals surface area contributed by atoms with Crippen LogP contribution in [0.3, 0.4) is 0 Å². The molecule has 1 atom stereocenters. The molecule has 132 valence electrons. The van der Waals surface area contributed by atoms with Crippen molar-refractivity contribution in [1.82, 2.24) is 14.7 Å². The lowest BCUT2D eigenvalue weighted by atomic mass is 9.88. The molecule has 1 N–H and O–H groups in total. The van der Waals surface area contributed by atoms with Gasteiger partial charge in [-0.25, -0.2) is 4.68 Å². The van der Waals surface area contributed by atoms with E-state index in [1.165, 1.54) is 7.11 Å². The van der Waals surface area contributed by atoms with E-state index in [0.29, 0.717) is 18.5 Å². The number of methoxy groups -OCH3 is 1. The van der Waals surface area contributed by atoms with E-state index < -0.39 is 11.4 Å². The summed E-state index contributed by atoms with van der Waals surface area (Å²) < 4.78 is 6.81. The van der Waals surface area contributed by atoms with Gasteiger partial charge in [-0.3, -0.25) is 9.59 Å². The third kappa shape index (κ3) is 3.28. The van der Waals surface area contributed by atoms with Crippen LogP contribution in [0.5, 0.6) is 0 Å². The van der Waals surface area contributed by atoms with Crippen LogP contribution in [0.1, 0.15) is 22.5 Å². The second-order valence-electron chi connectivity index (χ2n) is 6.44. The highest BCUT2D eigenvalue weighted by Crippen LogP contribution is 2.32. The number of carboxylic acid groups (broad SMARTS) is 1. The van der Waals surface area contributed by atoms with Crippen molar-refractivity contribution in [2.75, 3.05) is 26.8 Å². The number of hydrogen-bond donors (Lipinski definition) is 1. The molecule has 1 unspecified atom stereocenters. The number of benzene rings is 1. The van der Waals surface area contributed by atoms with Gasteiger partial charge in [-0.05, 0) is 43.7 Å². The summed E-state index contributed by atoms with van der Waals surface area (Å²) in [7, 11) is 1.48. The molecule has 25 heavy (non-hydrogen) atoms. The fourth-order valence-corrected chi connectivity index (χ4v) is 3.17. The number of aryl methyl sites for hydroxylation is 1. The number of hydrogen-bond acceptors (Lipinski definition) is 4. The molecular formula is C18H21N3O4. The van der Waals surface area contributed by atoms with Gasteiger partial charge in [0.05, 0.1) is 18.0 Å². The van der Waals surface area contributed by atoms with Crippen molar-refractivity contribution < 1.29 is 19.4 Å². The topological polar surface area (TPSA) is 84.7 Å². The first-order chi connectivity index (χ1) is 11.9. The van der Waals surface area contributed by atoms with Gasteiger partial charge in [-0.1, -0.05) is 0 Å². The fourth-order valence-electron chi connectivity index (χ4n) is 3.17. The number of nitrogens with zero attached hydrogens (tertiary/aromatic N) is 3. The molecule has 1 fully saturated rings. The van der Waals surface area contributed by atoms with E-state index in [2.05, 4.69) is 5.10 Å². The first kappa shape index (κ1) is 17.2. The van der Waals surface area contributed by atoms with Crippen LogP contribution in [0, 0.1) is 12.3 Å². The van der Waals surface area contributed by atoms with Crippen LogP contribution in [0.4, 0.5) is 0 Å². The Labute approximate surface area is 145 Å². The summed E-state index contributed by atoms with van der Waals surface area (Å²) in [5.74, 6) is -1.09. The van der Waals surface area contributed by atoms with E-state index in [1.807, 2.05) is 31.3 Å². The number of aromatic nitrogens is 2. The summed E-state index contributed by atoms with van der Waals surface area (Å²) in [5, 5.41) is 13.8. The average molecular weight is 343 g/mol. The molecule has 7 heteroatoms. The third-order valence-corrected chi connectivity index (χ3v) is 4.62. The van der Waals surface area contributed by atoms with Crippen LogP contribution in [0.2, 0.25) is 0 Å². The highest BCUT2D eigenvalue weighted by molar-refractivity contribution is 5.95. The Morgan fingerprint density at radius 3 is 2.56 bits per heavy atom. The van der Waals surface area contributed by atoms with Gasteiger partial charge in [0.2, 0.25) is 0 Å². The Kier molecular flexibility index (Phi) is 4.59. The molecule has 7 nitrogen and oxygen atoms in total. The molecule has 1 aliphatic rings. The van der Waals surface area contributed by atoms with Crippen LogP contribution < -0.4 is 0 Å². The van der Waals surface area contributed by atoms with Gasteiger partial charge in [0.1, 0.15) is 5.41 Å². The van der Waals surface area contributed by atoms with Crippen LogP contribution >= 0.6 is 0 Å². The second-order valence-corrected chi connectivity index (χ2v) is 6.44. The molecule has 0 radical (unpaired) electrons. The lowest BCUT2D eigenvalue weighted by molar-refractivity contribution is -0.151. The van der Waals surface area contributed by atoms with E-state index in [4.69, 9.17) is 4.74 Å². The SMILES string of the molecule is COCC1(C(=O)O)CCN(C(=O)c2ccc(-n3ccc(C)n3)cc2)C1. The summed E-state index contributed by atoms with van der Waals surface area (Å²) in [6.45, 7) is 2.59. The zero-order valence-corrected chi connectivity index (χ0v) is 14.3. The van der Waals surface area contributed by atoms with E-state index in [1.54, 1.807) is 21.7 Å². The molecule has 1 aliphatic heterocycles. The number of carboxylic acids is 1. The minimum atomic E-state index is -1.02. The lowest BCUT2D eigenvalue weighted by Gasteiger charge is -2.23. The van der Waals surface area contributed by atoms with Crippen LogP contribution in [0.25, 0.3) is 5.69 Å². The van der Waals surface area contributed by atoms with Crippen LogP contribution in [0.15, 0.2) is 36.5 Å². The van der Waals surface area contributed by atoms with Crippen molar-refractivity contribution in [2.45, 2.75) is 13.3 Å². The quantitative estimate of drug-likeness (QED) is 0.894. The van der Waals surface area contributed by atoms with Gasteiger partial charge in [-0.2, -0.15) is 5.10 Å². The Bertz CT molecular complexity index is 784. The van der Waals surface area contributed by atoms with Gasteiger partial charge in [0.15, 0.2) is 0 Å². The largest absolute Gasteiger partial charge is 0.481 e. The maximum atomic E-state index is 12.7. The first-order valence-corrected chi connectivity index (χ1v) is 8.09. The van der Waals surface area contributed by atoms with E-state index >= 15 is 0 Å². The smallest absolute Gasteiger partial charge is 0.313 e. The van der Waals surface area contributed by atoms with Crippen molar-refractivity contribution in [3.8, 4) is 5.69 Å². The number of amides is 1. The molecule has 2 heterocycles. The van der Waals surface area contributed by atoms with Crippen LogP contribution in [-0.2, 0) is 9.53 Å². The molecule has 1 amide bonds. The van der Waals surface area contributed by atoms with Crippen molar-refractivity contribution in [3.05, 3.63) is 47.8 Å². The van der Waals surface area contributed by atoms with Crippen molar-refractivity contribution >= 4 is 11.9 Å². The fraction of sp³-hybridized carbons (Fsp3) is 0.389. The van der Waals surface area contributed by atoms with Crippen molar-refractivity contribution in [1.29, 1.82) is 0 Å². The molecular weight excluding hydrogens is 322 g/mol. The second kappa shape index (κ2) is 6.68. The number of carbonyl (C=O) groups is 2. The first-order valence-electron chi connectivity index (χ1n) is 8.09. The number of rotatable bonds is 5. The van der Waals surface area contributed by atoms with Crippen molar-refractivity contribution in [3.63, 3.8) is 0 Å². The molecule has 0 spiro atoms. The predicted octanol–water partition coefficient (Wildman–Crippen LogP) is 1.74. The minimum Gasteiger partial charge on any atom is -0.481 e. The monoisotopic (exact) mass is 343 g/mol. The molecule has 2 aromatic rings. The van der Waals surface area contributed by atoms with Gasteiger partial charge in [0, 0.05) is 32.0 Å². The van der Waals surface area contributed by atoms with Gasteiger partial charge >= 0.3 is 5.97 Å². The minimum absolute atomic E-state index is 0.101. The van der Waals surface area contributed by atoms with Gasteiger partial charge in [0.25, 0.3) is 5.91 Å².